The molecule has 0 saturated heterocycles. The van der Waals surface area contributed by atoms with Gasteiger partial charge in [0.25, 0.3) is 0 Å². The van der Waals surface area contributed by atoms with Gasteiger partial charge in [-0.25, -0.2) is 0 Å². The molecule has 3 aliphatic carbocycles. The van der Waals surface area contributed by atoms with Crippen molar-refractivity contribution in [3.05, 3.63) is 29.3 Å². The standard InChI is InChI=1S/C20H28O3/c1-20-8-7-15-14-4-3-13(21)10-16(14)12(11-23-2)9-17(15)18(20)5-6-19(20)22/h3-4,10,12,15,17-19,21-22H,5-9,11H2,1-2H3/t12-,15?,17?,18?,19?,20-/m0/s1. The third-order valence-corrected chi connectivity index (χ3v) is 7.22. The predicted octanol–water partition coefficient (Wildman–Crippen LogP) is 3.80. The molecule has 0 bridgehead atoms. The Bertz CT molecular complexity index is 599. The number of hydrogen-bond acceptors (Lipinski definition) is 3. The molecule has 0 amide bonds. The van der Waals surface area contributed by atoms with Crippen LogP contribution in [-0.4, -0.2) is 30.0 Å². The Morgan fingerprint density at radius 1 is 1.22 bits per heavy atom. The van der Waals surface area contributed by atoms with Crippen molar-refractivity contribution in [3.63, 3.8) is 0 Å². The fourth-order valence-electron chi connectivity index (χ4n) is 6.04. The van der Waals surface area contributed by atoms with Crippen LogP contribution in [-0.2, 0) is 4.74 Å². The Morgan fingerprint density at radius 2 is 2.04 bits per heavy atom. The lowest BCUT2D eigenvalue weighted by atomic mass is 9.54. The van der Waals surface area contributed by atoms with Crippen LogP contribution in [0.3, 0.4) is 0 Å². The van der Waals surface area contributed by atoms with Crippen LogP contribution in [0.1, 0.15) is 62.0 Å². The summed E-state index contributed by atoms with van der Waals surface area (Å²) in [5.74, 6) is 2.58. The van der Waals surface area contributed by atoms with Crippen molar-refractivity contribution in [2.24, 2.45) is 17.3 Å². The quantitative estimate of drug-likeness (QED) is 0.872. The van der Waals surface area contributed by atoms with Gasteiger partial charge in [-0.15, -0.1) is 0 Å². The lowest BCUT2D eigenvalue weighted by Crippen LogP contribution is -2.44. The molecular weight excluding hydrogens is 288 g/mol. The third kappa shape index (κ3) is 2.24. The summed E-state index contributed by atoms with van der Waals surface area (Å²) < 4.78 is 5.48. The van der Waals surface area contributed by atoms with Gasteiger partial charge in [-0.3, -0.25) is 0 Å². The Hall–Kier alpha value is -1.06. The maximum atomic E-state index is 10.5. The number of rotatable bonds is 2. The highest BCUT2D eigenvalue weighted by molar-refractivity contribution is 5.42. The maximum absolute atomic E-state index is 10.5. The van der Waals surface area contributed by atoms with E-state index in [1.807, 2.05) is 12.1 Å². The number of aromatic hydroxyl groups is 1. The van der Waals surface area contributed by atoms with E-state index in [1.165, 1.54) is 11.1 Å². The second-order valence-corrected chi connectivity index (χ2v) is 8.22. The van der Waals surface area contributed by atoms with Crippen molar-refractivity contribution in [1.82, 2.24) is 0 Å². The number of phenolic OH excluding ortho intramolecular Hbond substituents is 1. The van der Waals surface area contributed by atoms with Crippen molar-refractivity contribution < 1.29 is 14.9 Å². The Labute approximate surface area is 138 Å². The van der Waals surface area contributed by atoms with Gasteiger partial charge in [-0.05, 0) is 78.5 Å². The Balaban J connectivity index is 1.74. The number of aliphatic hydroxyl groups excluding tert-OH is 1. The zero-order chi connectivity index (χ0) is 16.2. The van der Waals surface area contributed by atoms with Crippen LogP contribution in [0.5, 0.6) is 5.75 Å². The molecule has 126 valence electrons. The molecular formula is C20H28O3. The van der Waals surface area contributed by atoms with Crippen molar-refractivity contribution in [2.45, 2.75) is 57.0 Å². The fourth-order valence-corrected chi connectivity index (χ4v) is 6.04. The summed E-state index contributed by atoms with van der Waals surface area (Å²) in [5.41, 5.74) is 2.81. The van der Waals surface area contributed by atoms with Gasteiger partial charge in [-0.2, -0.15) is 0 Å². The van der Waals surface area contributed by atoms with Crippen molar-refractivity contribution in [2.75, 3.05) is 13.7 Å². The molecule has 0 aliphatic heterocycles. The van der Waals surface area contributed by atoms with Crippen LogP contribution < -0.4 is 0 Å². The molecule has 3 nitrogen and oxygen atoms in total. The number of fused-ring (bicyclic) bond motifs is 5. The van der Waals surface area contributed by atoms with Crippen LogP contribution in [0.15, 0.2) is 18.2 Å². The molecule has 4 rings (SSSR count). The van der Waals surface area contributed by atoms with Crippen LogP contribution in [0.2, 0.25) is 0 Å². The Kier molecular flexibility index (Phi) is 3.69. The third-order valence-electron chi connectivity index (χ3n) is 7.22. The second-order valence-electron chi connectivity index (χ2n) is 8.22. The molecule has 0 heterocycles. The van der Waals surface area contributed by atoms with E-state index in [9.17, 15) is 10.2 Å². The number of aliphatic hydroxyl groups is 1. The minimum atomic E-state index is -0.129. The molecule has 3 heteroatoms. The van der Waals surface area contributed by atoms with E-state index in [1.54, 1.807) is 7.11 Å². The van der Waals surface area contributed by atoms with E-state index < -0.39 is 0 Å². The van der Waals surface area contributed by atoms with Gasteiger partial charge in [0, 0.05) is 13.0 Å². The average Bonchev–Trinajstić information content (AvgIpc) is 2.83. The van der Waals surface area contributed by atoms with Crippen LogP contribution in [0.25, 0.3) is 0 Å². The summed E-state index contributed by atoms with van der Waals surface area (Å²) in [6, 6.07) is 5.92. The number of phenols is 1. The van der Waals surface area contributed by atoms with Crippen LogP contribution >= 0.6 is 0 Å². The fraction of sp³-hybridized carbons (Fsp3) is 0.700. The number of hydrogen-bond donors (Lipinski definition) is 2. The smallest absolute Gasteiger partial charge is 0.115 e. The minimum Gasteiger partial charge on any atom is -0.508 e. The summed E-state index contributed by atoms with van der Waals surface area (Å²) >= 11 is 0. The van der Waals surface area contributed by atoms with E-state index in [0.29, 0.717) is 36.0 Å². The summed E-state index contributed by atoms with van der Waals surface area (Å²) in [5, 5.41) is 20.4. The highest BCUT2D eigenvalue weighted by Crippen LogP contribution is 2.62. The SMILES string of the molecule is COC[C@@H]1CC2C(CC[C@]3(C)C(O)CCC23)c2ccc(O)cc21. The Morgan fingerprint density at radius 3 is 2.83 bits per heavy atom. The lowest BCUT2D eigenvalue weighted by molar-refractivity contribution is -0.0273. The first kappa shape index (κ1) is 15.5. The summed E-state index contributed by atoms with van der Waals surface area (Å²) in [6.45, 7) is 3.02. The summed E-state index contributed by atoms with van der Waals surface area (Å²) in [7, 11) is 1.76. The monoisotopic (exact) mass is 316 g/mol. The predicted molar refractivity (Wildman–Crippen MR) is 89.6 cm³/mol. The van der Waals surface area contributed by atoms with Crippen LogP contribution in [0.4, 0.5) is 0 Å². The number of ether oxygens (including phenoxy) is 1. The first-order valence-electron chi connectivity index (χ1n) is 9.04. The van der Waals surface area contributed by atoms with Gasteiger partial charge < -0.3 is 14.9 Å². The molecule has 23 heavy (non-hydrogen) atoms. The first-order valence-corrected chi connectivity index (χ1v) is 9.04. The first-order chi connectivity index (χ1) is 11.0. The zero-order valence-corrected chi connectivity index (χ0v) is 14.2. The number of methoxy groups -OCH3 is 1. The molecule has 3 aliphatic rings. The lowest BCUT2D eigenvalue weighted by Gasteiger charge is -2.51. The average molecular weight is 316 g/mol. The van der Waals surface area contributed by atoms with Gasteiger partial charge in [0.1, 0.15) is 5.75 Å². The van der Waals surface area contributed by atoms with E-state index >= 15 is 0 Å². The summed E-state index contributed by atoms with van der Waals surface area (Å²) in [4.78, 5) is 0. The van der Waals surface area contributed by atoms with E-state index in [4.69, 9.17) is 4.74 Å². The van der Waals surface area contributed by atoms with Gasteiger partial charge in [-0.1, -0.05) is 13.0 Å². The highest BCUT2D eigenvalue weighted by Gasteiger charge is 2.55. The molecule has 1 aromatic rings. The van der Waals surface area contributed by atoms with E-state index in [-0.39, 0.29) is 11.5 Å². The molecule has 0 aromatic heterocycles. The number of benzene rings is 1. The van der Waals surface area contributed by atoms with Gasteiger partial charge in [0.2, 0.25) is 0 Å². The van der Waals surface area contributed by atoms with Crippen molar-refractivity contribution in [1.29, 1.82) is 0 Å². The molecule has 0 radical (unpaired) electrons. The highest BCUT2D eigenvalue weighted by atomic mass is 16.5. The molecule has 2 saturated carbocycles. The topological polar surface area (TPSA) is 49.7 Å². The molecule has 1 aromatic carbocycles. The van der Waals surface area contributed by atoms with Gasteiger partial charge >= 0.3 is 0 Å². The van der Waals surface area contributed by atoms with Gasteiger partial charge in [0.05, 0.1) is 12.7 Å². The molecule has 6 atom stereocenters. The van der Waals surface area contributed by atoms with E-state index in [0.717, 1.165) is 32.1 Å². The summed E-state index contributed by atoms with van der Waals surface area (Å²) in [6.07, 6.45) is 5.40. The molecule has 4 unspecified atom stereocenters. The minimum absolute atomic E-state index is 0.104. The zero-order valence-electron chi connectivity index (χ0n) is 14.2. The molecule has 2 fully saturated rings. The van der Waals surface area contributed by atoms with Gasteiger partial charge in [0.15, 0.2) is 0 Å². The van der Waals surface area contributed by atoms with E-state index in [2.05, 4.69) is 13.0 Å². The van der Waals surface area contributed by atoms with Crippen LogP contribution in [0, 0.1) is 17.3 Å². The molecule has 0 spiro atoms. The normalized spacial score (nSPS) is 42.0. The van der Waals surface area contributed by atoms with Crippen molar-refractivity contribution in [3.8, 4) is 5.75 Å². The largest absolute Gasteiger partial charge is 0.508 e. The maximum Gasteiger partial charge on any atom is 0.115 e. The second kappa shape index (κ2) is 5.49. The van der Waals surface area contributed by atoms with Crippen molar-refractivity contribution >= 4 is 0 Å². The molecule has 2 N–H and O–H groups in total.